The summed E-state index contributed by atoms with van der Waals surface area (Å²) < 4.78 is 5.46. The first-order valence-electron chi connectivity index (χ1n) is 3.74. The number of ether oxygens (including phenoxy) is 1. The van der Waals surface area contributed by atoms with Crippen LogP contribution in [-0.2, 0) is 16.1 Å². The summed E-state index contributed by atoms with van der Waals surface area (Å²) >= 11 is 0. The van der Waals surface area contributed by atoms with Gasteiger partial charge in [-0.15, -0.1) is 0 Å². The summed E-state index contributed by atoms with van der Waals surface area (Å²) in [5, 5.41) is 3.77. The van der Waals surface area contributed by atoms with Gasteiger partial charge in [-0.25, -0.2) is 4.68 Å². The maximum absolute atomic E-state index is 11.2. The number of carbonyl (C=O) groups is 1. The Labute approximate surface area is 74.9 Å². The van der Waals surface area contributed by atoms with E-state index in [0.717, 1.165) is 10.2 Å². The number of aryl methyl sites for hydroxylation is 1. The zero-order valence-electron chi connectivity index (χ0n) is 7.48. The van der Waals surface area contributed by atoms with Crippen molar-refractivity contribution >= 4 is 5.97 Å². The van der Waals surface area contributed by atoms with Crippen molar-refractivity contribution in [1.29, 1.82) is 0 Å². The molecule has 0 aliphatic heterocycles. The van der Waals surface area contributed by atoms with Gasteiger partial charge < -0.3 is 4.74 Å². The van der Waals surface area contributed by atoms with Gasteiger partial charge in [-0.05, 0) is 12.5 Å². The Morgan fingerprint density at radius 2 is 2.38 bits per heavy atom. The second-order valence-corrected chi connectivity index (χ2v) is 2.60. The van der Waals surface area contributed by atoms with Gasteiger partial charge in [-0.2, -0.15) is 5.10 Å². The molecule has 0 radical (unpaired) electrons. The van der Waals surface area contributed by atoms with E-state index in [1.54, 1.807) is 6.92 Å². The van der Waals surface area contributed by atoms with Crippen molar-refractivity contribution in [1.82, 2.24) is 9.78 Å². The molecule has 5 heteroatoms. The van der Waals surface area contributed by atoms with Crippen molar-refractivity contribution in [3.8, 4) is 0 Å². The number of carbonyl (C=O) groups excluding carboxylic acids is 1. The fourth-order valence-electron chi connectivity index (χ4n) is 0.830. The Morgan fingerprint density at radius 3 is 2.92 bits per heavy atom. The standard InChI is InChI=1S/C8H10N2O3/c1-6-3-7(11)10(9-4-6)5-8(12)13-2/h3-4H,5H2,1-2H3. The Balaban J connectivity index is 2.90. The van der Waals surface area contributed by atoms with Crippen LogP contribution in [0.5, 0.6) is 0 Å². The average molecular weight is 182 g/mol. The number of aromatic nitrogens is 2. The molecule has 13 heavy (non-hydrogen) atoms. The van der Waals surface area contributed by atoms with Crippen LogP contribution < -0.4 is 5.56 Å². The highest BCUT2D eigenvalue weighted by Crippen LogP contribution is 1.87. The van der Waals surface area contributed by atoms with Crippen LogP contribution in [0.1, 0.15) is 5.56 Å². The molecule has 0 fully saturated rings. The minimum absolute atomic E-state index is 0.143. The summed E-state index contributed by atoms with van der Waals surface area (Å²) in [4.78, 5) is 22.0. The third-order valence-electron chi connectivity index (χ3n) is 1.51. The second kappa shape index (κ2) is 3.84. The Bertz CT molecular complexity index is 370. The molecule has 0 N–H and O–H groups in total. The molecule has 0 atom stereocenters. The SMILES string of the molecule is COC(=O)Cn1ncc(C)cc1=O. The molecule has 0 spiro atoms. The molecular formula is C8H10N2O3. The number of hydrogen-bond acceptors (Lipinski definition) is 4. The van der Waals surface area contributed by atoms with E-state index >= 15 is 0 Å². The summed E-state index contributed by atoms with van der Waals surface area (Å²) in [5.41, 5.74) is 0.469. The number of rotatable bonds is 2. The molecule has 70 valence electrons. The van der Waals surface area contributed by atoms with E-state index in [1.807, 2.05) is 0 Å². The van der Waals surface area contributed by atoms with Gasteiger partial charge in [0.15, 0.2) is 0 Å². The lowest BCUT2D eigenvalue weighted by atomic mass is 10.3. The predicted octanol–water partition coefficient (Wildman–Crippen LogP) is -0.275. The van der Waals surface area contributed by atoms with E-state index in [4.69, 9.17) is 0 Å². The van der Waals surface area contributed by atoms with Crippen molar-refractivity contribution in [2.24, 2.45) is 0 Å². The number of hydrogen-bond donors (Lipinski definition) is 0. The van der Waals surface area contributed by atoms with Gasteiger partial charge in [-0.1, -0.05) is 0 Å². The predicted molar refractivity (Wildman–Crippen MR) is 45.3 cm³/mol. The molecule has 0 saturated carbocycles. The van der Waals surface area contributed by atoms with Crippen LogP contribution in [0.3, 0.4) is 0 Å². The quantitative estimate of drug-likeness (QED) is 0.590. The van der Waals surface area contributed by atoms with Gasteiger partial charge in [0.1, 0.15) is 6.54 Å². The summed E-state index contributed by atoms with van der Waals surface area (Å²) in [6, 6.07) is 1.41. The molecular weight excluding hydrogens is 172 g/mol. The normalized spacial score (nSPS) is 9.69. The highest BCUT2D eigenvalue weighted by Gasteiger charge is 2.04. The molecule has 0 aromatic carbocycles. The maximum Gasteiger partial charge on any atom is 0.327 e. The van der Waals surface area contributed by atoms with Gasteiger partial charge in [0.2, 0.25) is 0 Å². The molecule has 0 saturated heterocycles. The topological polar surface area (TPSA) is 61.2 Å². The van der Waals surface area contributed by atoms with Crippen molar-refractivity contribution in [2.45, 2.75) is 13.5 Å². The lowest BCUT2D eigenvalue weighted by molar-refractivity contribution is -0.141. The third-order valence-corrected chi connectivity index (χ3v) is 1.51. The highest BCUT2D eigenvalue weighted by atomic mass is 16.5. The van der Waals surface area contributed by atoms with Gasteiger partial charge >= 0.3 is 5.97 Å². The van der Waals surface area contributed by atoms with E-state index < -0.39 is 5.97 Å². The van der Waals surface area contributed by atoms with Crippen molar-refractivity contribution < 1.29 is 9.53 Å². The molecule has 0 aliphatic rings. The van der Waals surface area contributed by atoms with E-state index in [-0.39, 0.29) is 12.1 Å². The number of nitrogens with zero attached hydrogens (tertiary/aromatic N) is 2. The maximum atomic E-state index is 11.2. The number of methoxy groups -OCH3 is 1. The van der Waals surface area contributed by atoms with Crippen molar-refractivity contribution in [3.05, 3.63) is 28.2 Å². The monoisotopic (exact) mass is 182 g/mol. The molecule has 1 heterocycles. The van der Waals surface area contributed by atoms with Crippen molar-refractivity contribution in [2.75, 3.05) is 7.11 Å². The summed E-state index contributed by atoms with van der Waals surface area (Å²) in [6.07, 6.45) is 1.52. The van der Waals surface area contributed by atoms with E-state index in [1.165, 1.54) is 19.4 Å². The Morgan fingerprint density at radius 1 is 1.69 bits per heavy atom. The molecule has 1 rings (SSSR count). The van der Waals surface area contributed by atoms with E-state index in [0.29, 0.717) is 0 Å². The molecule has 0 amide bonds. The Hall–Kier alpha value is -1.65. The van der Waals surface area contributed by atoms with Gasteiger partial charge in [0.05, 0.1) is 13.3 Å². The van der Waals surface area contributed by atoms with Crippen LogP contribution >= 0.6 is 0 Å². The van der Waals surface area contributed by atoms with Gasteiger partial charge in [0, 0.05) is 6.07 Å². The minimum atomic E-state index is -0.488. The van der Waals surface area contributed by atoms with Gasteiger partial charge in [-0.3, -0.25) is 9.59 Å². The van der Waals surface area contributed by atoms with E-state index in [9.17, 15) is 9.59 Å². The summed E-state index contributed by atoms with van der Waals surface area (Å²) in [5.74, 6) is -0.488. The number of esters is 1. The third kappa shape index (κ3) is 2.40. The molecule has 1 aromatic rings. The lowest BCUT2D eigenvalue weighted by Crippen LogP contribution is -2.26. The molecule has 0 bridgehead atoms. The van der Waals surface area contributed by atoms with Crippen LogP contribution in [0.25, 0.3) is 0 Å². The van der Waals surface area contributed by atoms with Crippen molar-refractivity contribution in [3.63, 3.8) is 0 Å². The minimum Gasteiger partial charge on any atom is -0.468 e. The second-order valence-electron chi connectivity index (χ2n) is 2.60. The van der Waals surface area contributed by atoms with Crippen LogP contribution in [0.2, 0.25) is 0 Å². The van der Waals surface area contributed by atoms with Crippen LogP contribution in [0, 0.1) is 6.92 Å². The zero-order chi connectivity index (χ0) is 9.84. The summed E-state index contributed by atoms with van der Waals surface area (Å²) in [6.45, 7) is 1.62. The van der Waals surface area contributed by atoms with Crippen LogP contribution in [0.4, 0.5) is 0 Å². The van der Waals surface area contributed by atoms with Crippen LogP contribution in [0.15, 0.2) is 17.1 Å². The molecule has 0 aliphatic carbocycles. The largest absolute Gasteiger partial charge is 0.468 e. The van der Waals surface area contributed by atoms with E-state index in [2.05, 4.69) is 9.84 Å². The fraction of sp³-hybridized carbons (Fsp3) is 0.375. The smallest absolute Gasteiger partial charge is 0.327 e. The average Bonchev–Trinajstić information content (AvgIpc) is 2.09. The zero-order valence-corrected chi connectivity index (χ0v) is 7.48. The highest BCUT2D eigenvalue weighted by molar-refractivity contribution is 5.68. The first kappa shape index (κ1) is 9.44. The molecule has 1 aromatic heterocycles. The first-order valence-corrected chi connectivity index (χ1v) is 3.74. The summed E-state index contributed by atoms with van der Waals surface area (Å²) in [7, 11) is 1.27. The first-order chi connectivity index (χ1) is 6.13. The fourth-order valence-corrected chi connectivity index (χ4v) is 0.830. The molecule has 0 unspecified atom stereocenters. The lowest BCUT2D eigenvalue weighted by Gasteiger charge is -2.01. The van der Waals surface area contributed by atoms with Crippen LogP contribution in [-0.4, -0.2) is 22.9 Å². The molecule has 5 nitrogen and oxygen atoms in total. The Kier molecular flexibility index (Phi) is 2.79. The van der Waals surface area contributed by atoms with Gasteiger partial charge in [0.25, 0.3) is 5.56 Å².